The molecule has 0 unspecified atom stereocenters. The van der Waals surface area contributed by atoms with Crippen LogP contribution in [0.4, 0.5) is 17.6 Å². The van der Waals surface area contributed by atoms with Gasteiger partial charge in [0.1, 0.15) is 5.82 Å². The molecule has 0 bridgehead atoms. The van der Waals surface area contributed by atoms with E-state index in [1.165, 1.54) is 12.1 Å². The zero-order chi connectivity index (χ0) is 16.6. The second-order valence-corrected chi connectivity index (χ2v) is 4.91. The summed E-state index contributed by atoms with van der Waals surface area (Å²) in [6.07, 6.45) is -1.41. The molecule has 0 radical (unpaired) electrons. The summed E-state index contributed by atoms with van der Waals surface area (Å²) in [5.74, 6) is -2.36. The van der Waals surface area contributed by atoms with Gasteiger partial charge in [0.25, 0.3) is 0 Å². The number of alkyl halides is 3. The number of imidazole rings is 1. The SMILES string of the molecule is Cc1cn(Cc2ccc(-c3noc(C(F)(F)F)n3)cc2F)cn1. The van der Waals surface area contributed by atoms with Gasteiger partial charge in [-0.15, -0.1) is 0 Å². The van der Waals surface area contributed by atoms with Gasteiger partial charge in [-0.25, -0.2) is 9.37 Å². The average molecular weight is 326 g/mol. The van der Waals surface area contributed by atoms with Gasteiger partial charge in [-0.2, -0.15) is 18.2 Å². The van der Waals surface area contributed by atoms with Gasteiger partial charge in [0, 0.05) is 17.3 Å². The van der Waals surface area contributed by atoms with Crippen molar-refractivity contribution in [1.82, 2.24) is 19.7 Å². The molecule has 0 N–H and O–H groups in total. The topological polar surface area (TPSA) is 56.7 Å². The van der Waals surface area contributed by atoms with Crippen molar-refractivity contribution in [1.29, 1.82) is 0 Å². The monoisotopic (exact) mass is 326 g/mol. The highest BCUT2D eigenvalue weighted by atomic mass is 19.4. The maximum Gasteiger partial charge on any atom is 0.471 e. The molecule has 0 saturated heterocycles. The fourth-order valence-corrected chi connectivity index (χ4v) is 2.03. The predicted octanol–water partition coefficient (Wildman–Crippen LogP) is 3.45. The van der Waals surface area contributed by atoms with Crippen LogP contribution in [0.25, 0.3) is 11.4 Å². The largest absolute Gasteiger partial charge is 0.471 e. The highest BCUT2D eigenvalue weighted by Crippen LogP contribution is 2.29. The lowest BCUT2D eigenvalue weighted by molar-refractivity contribution is -0.159. The highest BCUT2D eigenvalue weighted by Gasteiger charge is 2.38. The summed E-state index contributed by atoms with van der Waals surface area (Å²) in [5.41, 5.74) is 1.27. The van der Waals surface area contributed by atoms with Gasteiger partial charge in [0.15, 0.2) is 0 Å². The van der Waals surface area contributed by atoms with Crippen molar-refractivity contribution in [3.05, 3.63) is 53.7 Å². The molecule has 1 aromatic carbocycles. The normalized spacial score (nSPS) is 11.9. The number of hydrogen-bond acceptors (Lipinski definition) is 4. The van der Waals surface area contributed by atoms with Crippen molar-refractivity contribution >= 4 is 0 Å². The molecule has 9 heteroatoms. The van der Waals surface area contributed by atoms with Crippen molar-refractivity contribution in [2.24, 2.45) is 0 Å². The first-order valence-corrected chi connectivity index (χ1v) is 6.51. The van der Waals surface area contributed by atoms with E-state index in [-0.39, 0.29) is 17.9 Å². The van der Waals surface area contributed by atoms with Crippen LogP contribution in [-0.2, 0) is 12.7 Å². The molecule has 23 heavy (non-hydrogen) atoms. The fraction of sp³-hybridized carbons (Fsp3) is 0.214. The molecule has 120 valence electrons. The van der Waals surface area contributed by atoms with Crippen molar-refractivity contribution < 1.29 is 22.1 Å². The van der Waals surface area contributed by atoms with E-state index in [0.717, 1.165) is 11.8 Å². The summed E-state index contributed by atoms with van der Waals surface area (Å²) in [4.78, 5) is 7.26. The third-order valence-corrected chi connectivity index (χ3v) is 3.10. The molecule has 0 aliphatic heterocycles. The maximum atomic E-state index is 14.1. The van der Waals surface area contributed by atoms with Crippen LogP contribution >= 0.6 is 0 Å². The van der Waals surface area contributed by atoms with Crippen LogP contribution in [-0.4, -0.2) is 19.7 Å². The Morgan fingerprint density at radius 1 is 1.26 bits per heavy atom. The Morgan fingerprint density at radius 2 is 2.04 bits per heavy atom. The Balaban J connectivity index is 1.85. The summed E-state index contributed by atoms with van der Waals surface area (Å²) in [5, 5.41) is 3.22. The molecule has 0 aliphatic rings. The quantitative estimate of drug-likeness (QED) is 0.692. The molecule has 3 rings (SSSR count). The molecule has 0 amide bonds. The minimum atomic E-state index is -4.73. The van der Waals surface area contributed by atoms with Gasteiger partial charge in [-0.05, 0) is 13.0 Å². The Bertz CT molecular complexity index is 837. The van der Waals surface area contributed by atoms with Crippen LogP contribution in [0.2, 0.25) is 0 Å². The van der Waals surface area contributed by atoms with Crippen LogP contribution in [0.3, 0.4) is 0 Å². The van der Waals surface area contributed by atoms with E-state index in [9.17, 15) is 17.6 Å². The number of halogens is 4. The Labute approximate surface area is 127 Å². The molecule has 3 aromatic rings. The minimum Gasteiger partial charge on any atom is -0.333 e. The van der Waals surface area contributed by atoms with Gasteiger partial charge in [-0.3, -0.25) is 0 Å². The maximum absolute atomic E-state index is 14.1. The van der Waals surface area contributed by atoms with Crippen molar-refractivity contribution in [3.63, 3.8) is 0 Å². The summed E-state index contributed by atoms with van der Waals surface area (Å²) >= 11 is 0. The van der Waals surface area contributed by atoms with Crippen LogP contribution < -0.4 is 0 Å². The Kier molecular flexibility index (Phi) is 3.63. The van der Waals surface area contributed by atoms with Gasteiger partial charge in [-0.1, -0.05) is 17.3 Å². The zero-order valence-electron chi connectivity index (χ0n) is 11.8. The molecular weight excluding hydrogens is 316 g/mol. The summed E-state index contributed by atoms with van der Waals surface area (Å²) in [6.45, 7) is 2.07. The molecule has 2 aromatic heterocycles. The summed E-state index contributed by atoms with van der Waals surface area (Å²) in [6, 6.07) is 3.97. The lowest BCUT2D eigenvalue weighted by atomic mass is 10.1. The van der Waals surface area contributed by atoms with E-state index >= 15 is 0 Å². The molecule has 2 heterocycles. The van der Waals surface area contributed by atoms with Crippen LogP contribution in [0.15, 0.2) is 35.2 Å². The van der Waals surface area contributed by atoms with Gasteiger partial charge in [0.2, 0.25) is 5.82 Å². The molecule has 0 saturated carbocycles. The number of hydrogen-bond donors (Lipinski definition) is 0. The summed E-state index contributed by atoms with van der Waals surface area (Å²) in [7, 11) is 0. The first-order chi connectivity index (χ1) is 10.8. The van der Waals surface area contributed by atoms with E-state index in [2.05, 4.69) is 19.6 Å². The number of aryl methyl sites for hydroxylation is 1. The predicted molar refractivity (Wildman–Crippen MR) is 70.8 cm³/mol. The first-order valence-electron chi connectivity index (χ1n) is 6.51. The third-order valence-electron chi connectivity index (χ3n) is 3.10. The molecular formula is C14H10F4N4O. The van der Waals surface area contributed by atoms with Crippen molar-refractivity contribution in [2.45, 2.75) is 19.6 Å². The zero-order valence-corrected chi connectivity index (χ0v) is 11.8. The van der Waals surface area contributed by atoms with Crippen LogP contribution in [0.5, 0.6) is 0 Å². The molecule has 5 nitrogen and oxygen atoms in total. The van der Waals surface area contributed by atoms with Crippen molar-refractivity contribution in [3.8, 4) is 11.4 Å². The number of aromatic nitrogens is 4. The molecule has 0 fully saturated rings. The van der Waals surface area contributed by atoms with E-state index in [4.69, 9.17) is 0 Å². The van der Waals surface area contributed by atoms with Gasteiger partial charge in [0.05, 0.1) is 18.6 Å². The molecule has 0 spiro atoms. The number of nitrogens with zero attached hydrogens (tertiary/aromatic N) is 4. The van der Waals surface area contributed by atoms with E-state index < -0.39 is 17.9 Å². The second-order valence-electron chi connectivity index (χ2n) is 4.91. The number of rotatable bonds is 3. The third kappa shape index (κ3) is 3.22. The first kappa shape index (κ1) is 15.2. The fourth-order valence-electron chi connectivity index (χ4n) is 2.03. The standard InChI is InChI=1S/C14H10F4N4O/c1-8-5-22(7-19-8)6-10-3-2-9(4-11(10)15)12-20-13(23-21-12)14(16,17)18/h2-5,7H,6H2,1H3. The molecule has 0 aliphatic carbocycles. The lowest BCUT2D eigenvalue weighted by Gasteiger charge is -2.05. The second kappa shape index (κ2) is 5.49. The van der Waals surface area contributed by atoms with Crippen LogP contribution in [0, 0.1) is 12.7 Å². The highest BCUT2D eigenvalue weighted by molar-refractivity contribution is 5.55. The van der Waals surface area contributed by atoms with E-state index in [1.807, 2.05) is 6.92 Å². The molecule has 0 atom stereocenters. The lowest BCUT2D eigenvalue weighted by Crippen LogP contribution is -2.05. The van der Waals surface area contributed by atoms with Crippen molar-refractivity contribution in [2.75, 3.05) is 0 Å². The van der Waals surface area contributed by atoms with Gasteiger partial charge < -0.3 is 9.09 Å². The van der Waals surface area contributed by atoms with E-state index in [0.29, 0.717) is 5.56 Å². The number of benzene rings is 1. The summed E-state index contributed by atoms with van der Waals surface area (Å²) < 4.78 is 57.2. The average Bonchev–Trinajstić information content (AvgIpc) is 3.10. The Morgan fingerprint density at radius 3 is 2.61 bits per heavy atom. The Hall–Kier alpha value is -2.71. The van der Waals surface area contributed by atoms with E-state index in [1.54, 1.807) is 17.1 Å². The minimum absolute atomic E-state index is 0.104. The van der Waals surface area contributed by atoms with Crippen LogP contribution in [0.1, 0.15) is 17.1 Å². The van der Waals surface area contributed by atoms with Gasteiger partial charge >= 0.3 is 12.1 Å². The smallest absolute Gasteiger partial charge is 0.333 e.